The molecule has 2 aromatic rings. The van der Waals surface area contributed by atoms with Gasteiger partial charge in [0, 0.05) is 31.3 Å². The van der Waals surface area contributed by atoms with Crippen molar-refractivity contribution in [3.63, 3.8) is 0 Å². The molecule has 0 saturated carbocycles. The maximum absolute atomic E-state index is 12.4. The fourth-order valence-corrected chi connectivity index (χ4v) is 3.79. The minimum absolute atomic E-state index is 0.0715. The van der Waals surface area contributed by atoms with Gasteiger partial charge in [-0.05, 0) is 37.6 Å². The molecule has 164 valence electrons. The third kappa shape index (κ3) is 4.12. The molecular formula is C24H23N3O5. The molecule has 0 atom stereocenters. The highest BCUT2D eigenvalue weighted by atomic mass is 16.5. The summed E-state index contributed by atoms with van der Waals surface area (Å²) in [6.07, 6.45) is 0.491. The Balaban J connectivity index is 1.33. The average molecular weight is 433 g/mol. The quantitative estimate of drug-likeness (QED) is 0.535. The molecule has 2 aliphatic rings. The Morgan fingerprint density at radius 2 is 1.75 bits per heavy atom. The summed E-state index contributed by atoms with van der Waals surface area (Å²) in [4.78, 5) is 52.1. The lowest BCUT2D eigenvalue weighted by Gasteiger charge is -2.29. The maximum Gasteiger partial charge on any atom is 0.265 e. The summed E-state index contributed by atoms with van der Waals surface area (Å²) in [5.41, 5.74) is 2.82. The number of hydrogen-bond acceptors (Lipinski definition) is 5. The van der Waals surface area contributed by atoms with Crippen molar-refractivity contribution >= 4 is 35.0 Å². The van der Waals surface area contributed by atoms with Crippen LogP contribution in [0.15, 0.2) is 54.6 Å². The van der Waals surface area contributed by atoms with E-state index in [1.165, 1.54) is 4.90 Å². The molecule has 4 rings (SSSR count). The van der Waals surface area contributed by atoms with E-state index in [1.54, 1.807) is 47.4 Å². The first-order chi connectivity index (χ1) is 15.3. The van der Waals surface area contributed by atoms with Gasteiger partial charge < -0.3 is 15.0 Å². The zero-order valence-corrected chi connectivity index (χ0v) is 17.7. The standard InChI is InChI=1S/C24H23N3O5/c1-15(2)13-27-19-10-9-16(12-20(19)32-14-22(27)29)25-21(28)8-5-11-26-23(30)17-6-3-4-7-18(17)24(26)31/h3-4,6-7,9-10,12H,1,5,8,11,13-14H2,2H3,(H,25,28). The molecule has 0 unspecified atom stereocenters. The van der Waals surface area contributed by atoms with Gasteiger partial charge in [-0.15, -0.1) is 0 Å². The largest absolute Gasteiger partial charge is 0.481 e. The molecule has 2 aliphatic heterocycles. The van der Waals surface area contributed by atoms with Crippen molar-refractivity contribution in [1.82, 2.24) is 4.90 Å². The number of nitrogens with one attached hydrogen (secondary N) is 1. The highest BCUT2D eigenvalue weighted by Gasteiger charge is 2.34. The molecule has 0 saturated heterocycles. The van der Waals surface area contributed by atoms with Crippen LogP contribution < -0.4 is 15.0 Å². The normalized spacial score (nSPS) is 14.7. The van der Waals surface area contributed by atoms with E-state index in [0.717, 1.165) is 5.57 Å². The van der Waals surface area contributed by atoms with Crippen LogP contribution in [0.4, 0.5) is 11.4 Å². The fraction of sp³-hybridized carbons (Fsp3) is 0.250. The van der Waals surface area contributed by atoms with Gasteiger partial charge in [-0.1, -0.05) is 24.3 Å². The summed E-state index contributed by atoms with van der Waals surface area (Å²) in [5, 5.41) is 2.80. The van der Waals surface area contributed by atoms with E-state index in [4.69, 9.17) is 4.74 Å². The van der Waals surface area contributed by atoms with E-state index < -0.39 is 0 Å². The van der Waals surface area contributed by atoms with Gasteiger partial charge in [0.15, 0.2) is 6.61 Å². The zero-order valence-electron chi connectivity index (χ0n) is 17.7. The summed E-state index contributed by atoms with van der Waals surface area (Å²) in [5.74, 6) is -0.536. The molecule has 32 heavy (non-hydrogen) atoms. The molecule has 4 amide bonds. The fourth-order valence-electron chi connectivity index (χ4n) is 3.79. The van der Waals surface area contributed by atoms with Gasteiger partial charge in [0.05, 0.1) is 16.8 Å². The van der Waals surface area contributed by atoms with Gasteiger partial charge in [-0.25, -0.2) is 0 Å². The highest BCUT2D eigenvalue weighted by molar-refractivity contribution is 6.21. The van der Waals surface area contributed by atoms with E-state index in [1.807, 2.05) is 6.92 Å². The smallest absolute Gasteiger partial charge is 0.265 e. The maximum atomic E-state index is 12.4. The number of anilines is 2. The summed E-state index contributed by atoms with van der Waals surface area (Å²) in [7, 11) is 0. The van der Waals surface area contributed by atoms with Crippen LogP contribution in [0.5, 0.6) is 5.75 Å². The van der Waals surface area contributed by atoms with Crippen molar-refractivity contribution in [3.8, 4) is 5.75 Å². The number of imide groups is 1. The van der Waals surface area contributed by atoms with Crippen molar-refractivity contribution in [3.05, 3.63) is 65.7 Å². The lowest BCUT2D eigenvalue weighted by atomic mass is 10.1. The molecule has 2 heterocycles. The van der Waals surface area contributed by atoms with Crippen LogP contribution in [0.1, 0.15) is 40.5 Å². The SMILES string of the molecule is C=C(C)CN1C(=O)COc2cc(NC(=O)CCCN3C(=O)c4ccccc4C3=O)ccc21. The van der Waals surface area contributed by atoms with Gasteiger partial charge in [-0.2, -0.15) is 0 Å². The third-order valence-electron chi connectivity index (χ3n) is 5.28. The van der Waals surface area contributed by atoms with E-state index in [-0.39, 0.29) is 43.2 Å². The van der Waals surface area contributed by atoms with Gasteiger partial charge in [0.2, 0.25) is 5.91 Å². The zero-order chi connectivity index (χ0) is 22.8. The number of rotatable bonds is 7. The van der Waals surface area contributed by atoms with Crippen molar-refractivity contribution < 1.29 is 23.9 Å². The van der Waals surface area contributed by atoms with E-state index >= 15 is 0 Å². The molecule has 2 aromatic carbocycles. The van der Waals surface area contributed by atoms with Gasteiger partial charge in [0.25, 0.3) is 17.7 Å². The Bertz CT molecular complexity index is 1110. The number of hydrogen-bond donors (Lipinski definition) is 1. The third-order valence-corrected chi connectivity index (χ3v) is 5.28. The molecule has 0 spiro atoms. The molecule has 8 heteroatoms. The predicted molar refractivity (Wildman–Crippen MR) is 119 cm³/mol. The summed E-state index contributed by atoms with van der Waals surface area (Å²) < 4.78 is 5.52. The van der Waals surface area contributed by atoms with Crippen LogP contribution in [0.2, 0.25) is 0 Å². The Morgan fingerprint density at radius 1 is 1.06 bits per heavy atom. The molecule has 1 N–H and O–H groups in total. The summed E-state index contributed by atoms with van der Waals surface area (Å²) in [6, 6.07) is 11.8. The van der Waals surface area contributed by atoms with Crippen molar-refractivity contribution in [2.45, 2.75) is 19.8 Å². The van der Waals surface area contributed by atoms with Crippen LogP contribution in [0, 0.1) is 0 Å². The van der Waals surface area contributed by atoms with Crippen LogP contribution in [-0.4, -0.2) is 48.2 Å². The topological polar surface area (TPSA) is 96.0 Å². The Hall–Kier alpha value is -3.94. The van der Waals surface area contributed by atoms with Gasteiger partial charge in [-0.3, -0.25) is 24.1 Å². The number of ether oxygens (including phenoxy) is 1. The Kier molecular flexibility index (Phi) is 5.77. The van der Waals surface area contributed by atoms with Gasteiger partial charge in [0.1, 0.15) is 5.75 Å². The highest BCUT2D eigenvalue weighted by Crippen LogP contribution is 2.35. The average Bonchev–Trinajstić information content (AvgIpc) is 3.00. The first kappa shape index (κ1) is 21.3. The van der Waals surface area contributed by atoms with Gasteiger partial charge >= 0.3 is 0 Å². The molecule has 0 fully saturated rings. The molecule has 0 bridgehead atoms. The Morgan fingerprint density at radius 3 is 2.41 bits per heavy atom. The predicted octanol–water partition coefficient (Wildman–Crippen LogP) is 3.00. The lowest BCUT2D eigenvalue weighted by molar-refractivity contribution is -0.121. The van der Waals surface area contributed by atoms with Crippen LogP contribution in [0.3, 0.4) is 0 Å². The minimum atomic E-state index is -0.327. The molecular weight excluding hydrogens is 410 g/mol. The monoisotopic (exact) mass is 433 g/mol. The number of benzene rings is 2. The molecule has 0 aliphatic carbocycles. The second-order valence-corrected chi connectivity index (χ2v) is 7.87. The molecule has 0 aromatic heterocycles. The van der Waals surface area contributed by atoms with E-state index in [2.05, 4.69) is 11.9 Å². The number of carbonyl (C=O) groups is 4. The number of amides is 4. The van der Waals surface area contributed by atoms with Crippen molar-refractivity contribution in [2.24, 2.45) is 0 Å². The summed E-state index contributed by atoms with van der Waals surface area (Å²) in [6.45, 7) is 6.20. The number of carbonyl (C=O) groups excluding carboxylic acids is 4. The minimum Gasteiger partial charge on any atom is -0.481 e. The first-order valence-electron chi connectivity index (χ1n) is 10.3. The van der Waals surface area contributed by atoms with Crippen molar-refractivity contribution in [1.29, 1.82) is 0 Å². The molecule has 8 nitrogen and oxygen atoms in total. The van der Waals surface area contributed by atoms with Crippen LogP contribution in [-0.2, 0) is 9.59 Å². The number of nitrogens with zero attached hydrogens (tertiary/aromatic N) is 2. The lowest BCUT2D eigenvalue weighted by Crippen LogP contribution is -2.39. The molecule has 0 radical (unpaired) electrons. The first-order valence-corrected chi connectivity index (χ1v) is 10.3. The van der Waals surface area contributed by atoms with E-state index in [9.17, 15) is 19.2 Å². The van der Waals surface area contributed by atoms with E-state index in [0.29, 0.717) is 41.2 Å². The van der Waals surface area contributed by atoms with Crippen molar-refractivity contribution in [2.75, 3.05) is 29.9 Å². The van der Waals surface area contributed by atoms with Crippen LogP contribution >= 0.6 is 0 Å². The van der Waals surface area contributed by atoms with Crippen LogP contribution in [0.25, 0.3) is 0 Å². The summed E-state index contributed by atoms with van der Waals surface area (Å²) >= 11 is 0. The second-order valence-electron chi connectivity index (χ2n) is 7.87. The second kappa shape index (κ2) is 8.66. The Labute approximate surface area is 185 Å². The number of fused-ring (bicyclic) bond motifs is 2.